The number of carbonyl (C=O) groups is 2. The molecule has 0 aliphatic rings. The number of ether oxygens (including phenoxy) is 2. The number of benzene rings is 1. The fourth-order valence-electron chi connectivity index (χ4n) is 3.19. The fourth-order valence-corrected chi connectivity index (χ4v) is 3.19. The average molecular weight is 471 g/mol. The van der Waals surface area contributed by atoms with E-state index in [9.17, 15) is 19.8 Å². The molecule has 0 aromatic heterocycles. The first-order valence-corrected chi connectivity index (χ1v) is 11.4. The van der Waals surface area contributed by atoms with Crippen molar-refractivity contribution in [1.82, 2.24) is 0 Å². The van der Waals surface area contributed by atoms with Crippen LogP contribution >= 0.6 is 0 Å². The lowest BCUT2D eigenvalue weighted by atomic mass is 9.98. The number of methoxy groups -OCH3 is 1. The third kappa shape index (κ3) is 10.7. The van der Waals surface area contributed by atoms with Crippen LogP contribution in [0.3, 0.4) is 0 Å². The van der Waals surface area contributed by atoms with Crippen molar-refractivity contribution < 1.29 is 29.3 Å². The second-order valence-corrected chi connectivity index (χ2v) is 8.79. The van der Waals surface area contributed by atoms with E-state index in [-0.39, 0.29) is 18.0 Å². The molecule has 1 aromatic rings. The van der Waals surface area contributed by atoms with Gasteiger partial charge in [0.15, 0.2) is 5.78 Å². The van der Waals surface area contributed by atoms with Gasteiger partial charge < -0.3 is 19.7 Å². The van der Waals surface area contributed by atoms with Crippen molar-refractivity contribution in [1.29, 1.82) is 0 Å². The van der Waals surface area contributed by atoms with E-state index in [4.69, 9.17) is 9.47 Å². The number of aromatic hydroxyl groups is 1. The molecule has 6 nitrogen and oxygen atoms in total. The normalized spacial score (nSPS) is 14.2. The Morgan fingerprint density at radius 1 is 1.21 bits per heavy atom. The van der Waals surface area contributed by atoms with Gasteiger partial charge in [-0.1, -0.05) is 36.0 Å². The van der Waals surface area contributed by atoms with E-state index in [1.165, 1.54) is 37.0 Å². The summed E-state index contributed by atoms with van der Waals surface area (Å²) in [6, 6.07) is 4.65. The maximum absolute atomic E-state index is 11.7. The van der Waals surface area contributed by atoms with E-state index < -0.39 is 17.7 Å². The number of phenolic OH excluding ortho intramolecular Hbond substituents is 1. The third-order valence-electron chi connectivity index (χ3n) is 5.26. The van der Waals surface area contributed by atoms with Gasteiger partial charge in [0.25, 0.3) is 0 Å². The Balaban J connectivity index is 2.67. The van der Waals surface area contributed by atoms with Crippen LogP contribution in [0.25, 0.3) is 0 Å². The zero-order valence-electron chi connectivity index (χ0n) is 21.0. The molecule has 186 valence electrons. The van der Waals surface area contributed by atoms with Gasteiger partial charge in [-0.05, 0) is 83.7 Å². The predicted molar refractivity (Wildman–Crippen MR) is 135 cm³/mol. The van der Waals surface area contributed by atoms with Gasteiger partial charge in [-0.25, -0.2) is 0 Å². The molecular formula is C28H38O6. The molecule has 1 aromatic carbocycles. The summed E-state index contributed by atoms with van der Waals surface area (Å²) >= 11 is 0. The summed E-state index contributed by atoms with van der Waals surface area (Å²) in [6.45, 7) is 11.5. The number of carbonyl (C=O) groups excluding carboxylic acids is 2. The minimum Gasteiger partial charge on any atom is -0.508 e. The van der Waals surface area contributed by atoms with Crippen LogP contribution in [0.15, 0.2) is 66.3 Å². The van der Waals surface area contributed by atoms with Crippen molar-refractivity contribution in [2.75, 3.05) is 7.11 Å². The lowest BCUT2D eigenvalue weighted by Gasteiger charge is -2.28. The maximum Gasteiger partial charge on any atom is 0.310 e. The van der Waals surface area contributed by atoms with Crippen molar-refractivity contribution in [2.24, 2.45) is 0 Å². The molecule has 2 N–H and O–H groups in total. The van der Waals surface area contributed by atoms with Crippen molar-refractivity contribution in [3.63, 3.8) is 0 Å². The summed E-state index contributed by atoms with van der Waals surface area (Å²) in [5, 5.41) is 19.6. The molecular weight excluding hydrogens is 432 g/mol. The molecule has 0 aliphatic carbocycles. The molecule has 1 rings (SSSR count). The van der Waals surface area contributed by atoms with Crippen LogP contribution in [0.5, 0.6) is 11.5 Å². The summed E-state index contributed by atoms with van der Waals surface area (Å²) < 4.78 is 10.9. The van der Waals surface area contributed by atoms with Crippen LogP contribution in [0.2, 0.25) is 0 Å². The number of phenols is 1. The molecule has 0 amide bonds. The van der Waals surface area contributed by atoms with Crippen molar-refractivity contribution in [2.45, 2.75) is 71.5 Å². The van der Waals surface area contributed by atoms with Crippen LogP contribution in [0, 0.1) is 0 Å². The van der Waals surface area contributed by atoms with E-state index in [1.807, 2.05) is 33.8 Å². The molecule has 0 saturated heterocycles. The highest BCUT2D eigenvalue weighted by Gasteiger charge is 2.23. The molecule has 0 radical (unpaired) electrons. The topological polar surface area (TPSA) is 93.1 Å². The zero-order chi connectivity index (χ0) is 25.7. The van der Waals surface area contributed by atoms with Crippen LogP contribution in [-0.4, -0.2) is 40.8 Å². The van der Waals surface area contributed by atoms with Gasteiger partial charge in [-0.2, -0.15) is 0 Å². The van der Waals surface area contributed by atoms with E-state index in [0.717, 1.165) is 24.8 Å². The minimum absolute atomic E-state index is 0.00534. The molecule has 2 unspecified atom stereocenters. The quantitative estimate of drug-likeness (QED) is 0.215. The molecule has 0 heterocycles. The number of hydrogen-bond donors (Lipinski definition) is 2. The molecule has 0 fully saturated rings. The Labute approximate surface area is 203 Å². The maximum atomic E-state index is 11.7. The molecule has 0 spiro atoms. The number of aliphatic hydroxyl groups is 1. The molecule has 34 heavy (non-hydrogen) atoms. The van der Waals surface area contributed by atoms with Gasteiger partial charge in [0, 0.05) is 5.56 Å². The number of allylic oxidation sites excluding steroid dienone is 4. The minimum atomic E-state index is -1.10. The van der Waals surface area contributed by atoms with E-state index >= 15 is 0 Å². The van der Waals surface area contributed by atoms with Crippen LogP contribution in [0.1, 0.15) is 58.9 Å². The number of rotatable bonds is 14. The standard InChI is InChI=1S/C28H38O6/c1-7-28(5,34-26-15-14-23(29)18-22(26)19-27(32)33-6)16-10-12-21(4)11-8-9-13-24(30)25(31)17-20(2)3/h7,9,12-15,17-18,24,29-30H,1,8,10-11,16,19H2,2-6H3. The van der Waals surface area contributed by atoms with Gasteiger partial charge in [0.2, 0.25) is 0 Å². The Bertz CT molecular complexity index is 936. The summed E-state index contributed by atoms with van der Waals surface area (Å²) in [6.07, 6.45) is 10.5. The summed E-state index contributed by atoms with van der Waals surface area (Å²) in [7, 11) is 1.32. The van der Waals surface area contributed by atoms with Gasteiger partial charge in [0.05, 0.1) is 13.5 Å². The average Bonchev–Trinajstić information content (AvgIpc) is 2.77. The second kappa shape index (κ2) is 14.2. The first kappa shape index (κ1) is 28.9. The smallest absolute Gasteiger partial charge is 0.310 e. The number of esters is 1. The molecule has 0 bridgehead atoms. The lowest BCUT2D eigenvalue weighted by Crippen LogP contribution is -2.30. The second-order valence-electron chi connectivity index (χ2n) is 8.79. The lowest BCUT2D eigenvalue weighted by molar-refractivity contribution is -0.139. The summed E-state index contributed by atoms with van der Waals surface area (Å²) in [4.78, 5) is 23.5. The third-order valence-corrected chi connectivity index (χ3v) is 5.26. The highest BCUT2D eigenvalue weighted by Crippen LogP contribution is 2.30. The summed E-state index contributed by atoms with van der Waals surface area (Å²) in [5.41, 5.74) is 1.92. The Hall–Kier alpha value is -3.12. The van der Waals surface area contributed by atoms with Gasteiger partial charge in [-0.3, -0.25) is 9.59 Å². The zero-order valence-corrected chi connectivity index (χ0v) is 21.0. The summed E-state index contributed by atoms with van der Waals surface area (Å²) in [5.74, 6) is -0.182. The molecule has 2 atom stereocenters. The van der Waals surface area contributed by atoms with E-state index in [2.05, 4.69) is 12.7 Å². The van der Waals surface area contributed by atoms with Gasteiger partial charge >= 0.3 is 5.97 Å². The number of hydrogen-bond acceptors (Lipinski definition) is 6. The van der Waals surface area contributed by atoms with Crippen LogP contribution < -0.4 is 4.74 Å². The van der Waals surface area contributed by atoms with Crippen LogP contribution in [0.4, 0.5) is 0 Å². The fraction of sp³-hybridized carbons (Fsp3) is 0.429. The number of ketones is 1. The monoisotopic (exact) mass is 470 g/mol. The highest BCUT2D eigenvalue weighted by atomic mass is 16.5. The molecule has 0 aliphatic heterocycles. The van der Waals surface area contributed by atoms with Crippen LogP contribution in [-0.2, 0) is 20.7 Å². The Kier molecular flexibility index (Phi) is 12.1. The van der Waals surface area contributed by atoms with Crippen molar-refractivity contribution in [3.05, 3.63) is 71.9 Å². The SMILES string of the molecule is C=CC(C)(CCC=C(C)CCC=CC(O)C(=O)C=C(C)C)Oc1ccc(O)cc1CC(=O)OC. The molecule has 6 heteroatoms. The first-order valence-electron chi connectivity index (χ1n) is 11.4. The largest absolute Gasteiger partial charge is 0.508 e. The Morgan fingerprint density at radius 3 is 2.53 bits per heavy atom. The van der Waals surface area contributed by atoms with Gasteiger partial charge in [-0.15, -0.1) is 0 Å². The predicted octanol–water partition coefficient (Wildman–Crippen LogP) is 5.39. The van der Waals surface area contributed by atoms with E-state index in [1.54, 1.807) is 12.1 Å². The highest BCUT2D eigenvalue weighted by molar-refractivity contribution is 5.95. The van der Waals surface area contributed by atoms with Crippen molar-refractivity contribution in [3.8, 4) is 11.5 Å². The van der Waals surface area contributed by atoms with Crippen molar-refractivity contribution >= 4 is 11.8 Å². The Morgan fingerprint density at radius 2 is 1.91 bits per heavy atom. The van der Waals surface area contributed by atoms with Gasteiger partial charge in [0.1, 0.15) is 23.2 Å². The first-order chi connectivity index (χ1) is 16.0. The van der Waals surface area contributed by atoms with E-state index in [0.29, 0.717) is 17.7 Å². The number of aliphatic hydroxyl groups excluding tert-OH is 1. The molecule has 0 saturated carbocycles.